The summed E-state index contributed by atoms with van der Waals surface area (Å²) in [5, 5.41) is 9.76. The average molecular weight is 790 g/mol. The molecule has 0 bridgehead atoms. The summed E-state index contributed by atoms with van der Waals surface area (Å²) in [5.41, 5.74) is 14.4. The smallest absolute Gasteiger partial charge is 0.136 e. The van der Waals surface area contributed by atoms with Crippen molar-refractivity contribution in [2.45, 2.75) is 0 Å². The maximum absolute atomic E-state index is 6.28. The van der Waals surface area contributed by atoms with Crippen LogP contribution < -0.4 is 4.90 Å². The molecule has 11 aromatic carbocycles. The molecule has 1 aromatic heterocycles. The molecule has 0 unspecified atom stereocenters. The van der Waals surface area contributed by atoms with E-state index in [4.69, 9.17) is 4.42 Å². The summed E-state index contributed by atoms with van der Waals surface area (Å²) in [4.78, 5) is 2.41. The van der Waals surface area contributed by atoms with Crippen molar-refractivity contribution in [3.63, 3.8) is 0 Å². The number of benzene rings is 11. The lowest BCUT2D eigenvalue weighted by Gasteiger charge is -2.28. The Labute approximate surface area is 360 Å². The van der Waals surface area contributed by atoms with Gasteiger partial charge in [-0.2, -0.15) is 0 Å². The van der Waals surface area contributed by atoms with E-state index in [0.29, 0.717) is 0 Å². The largest absolute Gasteiger partial charge is 0.456 e. The van der Waals surface area contributed by atoms with Crippen molar-refractivity contribution in [1.82, 2.24) is 0 Å². The Kier molecular flexibility index (Phi) is 8.53. The third-order valence-corrected chi connectivity index (χ3v) is 12.4. The maximum atomic E-state index is 6.28. The lowest BCUT2D eigenvalue weighted by molar-refractivity contribution is 0.669. The molecular weight excluding hydrogens is 751 g/mol. The van der Waals surface area contributed by atoms with E-state index >= 15 is 0 Å². The fourth-order valence-electron chi connectivity index (χ4n) is 9.36. The van der Waals surface area contributed by atoms with Gasteiger partial charge >= 0.3 is 0 Å². The van der Waals surface area contributed by atoms with E-state index in [9.17, 15) is 0 Å². The van der Waals surface area contributed by atoms with E-state index < -0.39 is 0 Å². The van der Waals surface area contributed by atoms with E-state index in [0.717, 1.165) is 61.3 Å². The molecule has 0 saturated carbocycles. The van der Waals surface area contributed by atoms with Crippen molar-refractivity contribution in [1.29, 1.82) is 0 Å². The molecule has 0 saturated heterocycles. The molecule has 12 aromatic rings. The number of furan rings is 1. The number of hydrogen-bond acceptors (Lipinski definition) is 2. The molecule has 1 heterocycles. The van der Waals surface area contributed by atoms with Crippen LogP contribution in [0.15, 0.2) is 241 Å². The van der Waals surface area contributed by atoms with Crippen LogP contribution >= 0.6 is 0 Å². The van der Waals surface area contributed by atoms with Crippen LogP contribution in [-0.4, -0.2) is 0 Å². The SMILES string of the molecule is c1cc(-c2ccc(-c3ccc4ccccc4c3)cc2)cc(N(c2ccc(-c3cccc4oc5ccccc5c34)cc2)c2ccccc2-c2ccc3ccc4ccccc4c3c2)c1. The Hall–Kier alpha value is -8.20. The van der Waals surface area contributed by atoms with Gasteiger partial charge in [0, 0.05) is 27.7 Å². The van der Waals surface area contributed by atoms with Gasteiger partial charge in [0.2, 0.25) is 0 Å². The van der Waals surface area contributed by atoms with Gasteiger partial charge in [0.05, 0.1) is 5.69 Å². The summed E-state index contributed by atoms with van der Waals surface area (Å²) in [6.07, 6.45) is 0. The molecule has 0 spiro atoms. The summed E-state index contributed by atoms with van der Waals surface area (Å²) < 4.78 is 6.28. The average Bonchev–Trinajstić information content (AvgIpc) is 3.73. The number of rotatable bonds is 7. The minimum atomic E-state index is 0.897. The molecule has 290 valence electrons. The fourth-order valence-corrected chi connectivity index (χ4v) is 9.36. The Morgan fingerprint density at radius 1 is 0.274 bits per heavy atom. The highest BCUT2D eigenvalue weighted by molar-refractivity contribution is 6.13. The van der Waals surface area contributed by atoms with Gasteiger partial charge in [-0.3, -0.25) is 0 Å². The first-order valence-corrected chi connectivity index (χ1v) is 21.2. The van der Waals surface area contributed by atoms with Gasteiger partial charge in [-0.1, -0.05) is 182 Å². The van der Waals surface area contributed by atoms with Crippen molar-refractivity contribution in [3.05, 3.63) is 237 Å². The van der Waals surface area contributed by atoms with Crippen molar-refractivity contribution >= 4 is 71.3 Å². The van der Waals surface area contributed by atoms with Crippen LogP contribution in [0, 0.1) is 0 Å². The monoisotopic (exact) mass is 789 g/mol. The van der Waals surface area contributed by atoms with Crippen molar-refractivity contribution in [2.75, 3.05) is 4.90 Å². The number of nitrogens with zero attached hydrogens (tertiary/aromatic N) is 1. The zero-order valence-corrected chi connectivity index (χ0v) is 33.9. The summed E-state index contributed by atoms with van der Waals surface area (Å²) in [5.74, 6) is 0. The normalized spacial score (nSPS) is 11.5. The van der Waals surface area contributed by atoms with Gasteiger partial charge in [-0.15, -0.1) is 0 Å². The topological polar surface area (TPSA) is 16.4 Å². The van der Waals surface area contributed by atoms with Crippen LogP contribution in [0.3, 0.4) is 0 Å². The minimum absolute atomic E-state index is 0.897. The molecule has 0 aliphatic rings. The van der Waals surface area contributed by atoms with Gasteiger partial charge < -0.3 is 9.32 Å². The van der Waals surface area contributed by atoms with Crippen LogP contribution in [0.2, 0.25) is 0 Å². The standard InChI is InChI=1S/C60H39NO/c1-2-13-46-37-48(31-27-40(46)11-1)42-25-23-41(24-26-42)47-14-9-15-51(38-47)61(50-35-33-44(34-36-50)54-19-10-22-59-60(54)55-18-6-8-21-58(55)62-59)57-20-7-5-17-53(57)49-32-30-45-29-28-43-12-3-4-16-52(43)56(45)39-49/h1-39H. The molecule has 2 heteroatoms. The van der Waals surface area contributed by atoms with Gasteiger partial charge in [0.15, 0.2) is 0 Å². The summed E-state index contributed by atoms with van der Waals surface area (Å²) in [6.45, 7) is 0. The van der Waals surface area contributed by atoms with Crippen LogP contribution in [-0.2, 0) is 0 Å². The fraction of sp³-hybridized carbons (Fsp3) is 0. The third-order valence-electron chi connectivity index (χ3n) is 12.4. The predicted octanol–water partition coefficient (Wildman–Crippen LogP) is 17.2. The Morgan fingerprint density at radius 3 is 1.68 bits per heavy atom. The predicted molar refractivity (Wildman–Crippen MR) is 263 cm³/mol. The zero-order valence-electron chi connectivity index (χ0n) is 33.9. The summed E-state index contributed by atoms with van der Waals surface area (Å²) >= 11 is 0. The number of fused-ring (bicyclic) bond motifs is 7. The molecule has 2 nitrogen and oxygen atoms in total. The van der Waals surface area contributed by atoms with Crippen molar-refractivity contribution < 1.29 is 4.42 Å². The molecule has 0 aliphatic heterocycles. The Morgan fingerprint density at radius 2 is 0.839 bits per heavy atom. The molecule has 0 atom stereocenters. The zero-order chi connectivity index (χ0) is 41.0. The quantitative estimate of drug-likeness (QED) is 0.150. The van der Waals surface area contributed by atoms with Crippen molar-refractivity contribution in [3.8, 4) is 44.5 Å². The van der Waals surface area contributed by atoms with Gasteiger partial charge in [0.1, 0.15) is 11.2 Å². The van der Waals surface area contributed by atoms with E-state index in [1.807, 2.05) is 12.1 Å². The molecular formula is C60H39NO. The second-order valence-corrected chi connectivity index (χ2v) is 16.1. The highest BCUT2D eigenvalue weighted by atomic mass is 16.3. The van der Waals surface area contributed by atoms with Crippen LogP contribution in [0.1, 0.15) is 0 Å². The maximum Gasteiger partial charge on any atom is 0.136 e. The van der Waals surface area contributed by atoms with Crippen LogP contribution in [0.4, 0.5) is 17.1 Å². The second-order valence-electron chi connectivity index (χ2n) is 16.1. The first-order valence-electron chi connectivity index (χ1n) is 21.2. The molecule has 12 rings (SSSR count). The first-order chi connectivity index (χ1) is 30.7. The highest BCUT2D eigenvalue weighted by Crippen LogP contribution is 2.44. The molecule has 0 radical (unpaired) electrons. The lowest BCUT2D eigenvalue weighted by atomic mass is 9.95. The molecule has 0 aliphatic carbocycles. The van der Waals surface area contributed by atoms with Gasteiger partial charge in [0.25, 0.3) is 0 Å². The molecule has 0 fully saturated rings. The summed E-state index contributed by atoms with van der Waals surface area (Å²) in [7, 11) is 0. The second kappa shape index (κ2) is 14.8. The third kappa shape index (κ3) is 6.20. The number of hydrogen-bond donors (Lipinski definition) is 0. The Balaban J connectivity index is 0.985. The van der Waals surface area contributed by atoms with E-state index in [1.54, 1.807) is 0 Å². The van der Waals surface area contributed by atoms with E-state index in [2.05, 4.69) is 229 Å². The number of para-hydroxylation sites is 2. The summed E-state index contributed by atoms with van der Waals surface area (Å²) in [6, 6.07) is 85.6. The van der Waals surface area contributed by atoms with Gasteiger partial charge in [-0.25, -0.2) is 0 Å². The van der Waals surface area contributed by atoms with E-state index in [-0.39, 0.29) is 0 Å². The molecule has 62 heavy (non-hydrogen) atoms. The highest BCUT2D eigenvalue weighted by Gasteiger charge is 2.19. The van der Waals surface area contributed by atoms with Crippen molar-refractivity contribution in [2.24, 2.45) is 0 Å². The lowest BCUT2D eigenvalue weighted by Crippen LogP contribution is -2.11. The van der Waals surface area contributed by atoms with Gasteiger partial charge in [-0.05, 0) is 126 Å². The van der Waals surface area contributed by atoms with E-state index in [1.165, 1.54) is 54.6 Å². The first kappa shape index (κ1) is 35.7. The number of anilines is 3. The molecule has 0 amide bonds. The Bertz CT molecular complexity index is 3630. The molecule has 0 N–H and O–H groups in total. The van der Waals surface area contributed by atoms with Crippen LogP contribution in [0.25, 0.3) is 98.8 Å². The minimum Gasteiger partial charge on any atom is -0.456 e. The van der Waals surface area contributed by atoms with Crippen LogP contribution in [0.5, 0.6) is 0 Å².